The Morgan fingerprint density at radius 2 is 1.65 bits per heavy atom. The number of sulfone groups is 1. The van der Waals surface area contributed by atoms with E-state index in [0.717, 1.165) is 41.8 Å². The van der Waals surface area contributed by atoms with E-state index < -0.39 is 9.84 Å². The van der Waals surface area contributed by atoms with Gasteiger partial charge < -0.3 is 10.1 Å². The van der Waals surface area contributed by atoms with Crippen molar-refractivity contribution in [3.8, 4) is 5.88 Å². The van der Waals surface area contributed by atoms with Crippen molar-refractivity contribution in [2.45, 2.75) is 38.5 Å². The molecule has 6 nitrogen and oxygen atoms in total. The third kappa shape index (κ3) is 5.95. The van der Waals surface area contributed by atoms with E-state index in [4.69, 9.17) is 4.99 Å². The van der Waals surface area contributed by atoms with Crippen LogP contribution >= 0.6 is 0 Å². The van der Waals surface area contributed by atoms with Crippen molar-refractivity contribution in [3.05, 3.63) is 95.1 Å². The number of aliphatic imine (C=N–C) groups is 1. The van der Waals surface area contributed by atoms with Gasteiger partial charge in [-0.25, -0.2) is 13.4 Å². The smallest absolute Gasteiger partial charge is 0.199 e. The standard InChI is InChI=1S/C30H33N3O3S/c1-2-37(35,36)21-23-13-16-27-26(19-23)28(30(34)32-27)29(24-9-5-3-6-10-24)31-25-14-11-22(12-15-25)20-33-17-7-4-8-18-33/h3,5-6,9-16,19,32,34H,2,4,7-8,17-18,20-21H2,1H3. The van der Waals surface area contributed by atoms with Crippen LogP contribution in [0, 0.1) is 0 Å². The number of piperidine rings is 1. The number of fused-ring (bicyclic) bond motifs is 1. The van der Waals surface area contributed by atoms with E-state index in [1.807, 2.05) is 54.6 Å². The average Bonchev–Trinajstić information content (AvgIpc) is 3.24. The first-order chi connectivity index (χ1) is 17.9. The Morgan fingerprint density at radius 1 is 0.946 bits per heavy atom. The molecule has 1 aromatic heterocycles. The lowest BCUT2D eigenvalue weighted by Crippen LogP contribution is -2.28. The molecule has 0 radical (unpaired) electrons. The predicted molar refractivity (Wildman–Crippen MR) is 150 cm³/mol. The zero-order chi connectivity index (χ0) is 25.8. The van der Waals surface area contributed by atoms with Crippen molar-refractivity contribution < 1.29 is 13.5 Å². The van der Waals surface area contributed by atoms with Crippen molar-refractivity contribution >= 4 is 32.1 Å². The molecular formula is C30H33N3O3S. The Bertz CT molecular complexity index is 1500. The molecule has 7 heteroatoms. The number of rotatable bonds is 8. The first-order valence-corrected chi connectivity index (χ1v) is 14.7. The van der Waals surface area contributed by atoms with Gasteiger partial charge in [0, 0.05) is 28.8 Å². The second kappa shape index (κ2) is 10.9. The lowest BCUT2D eigenvalue weighted by atomic mass is 10.00. The third-order valence-corrected chi connectivity index (χ3v) is 8.64. The van der Waals surface area contributed by atoms with Crippen LogP contribution in [0.25, 0.3) is 10.9 Å². The van der Waals surface area contributed by atoms with Crippen LogP contribution in [-0.2, 0) is 22.1 Å². The summed E-state index contributed by atoms with van der Waals surface area (Å²) in [5, 5.41) is 11.7. The third-order valence-electron chi connectivity index (χ3n) is 6.99. The van der Waals surface area contributed by atoms with E-state index in [1.54, 1.807) is 13.0 Å². The van der Waals surface area contributed by atoms with Crippen LogP contribution in [0.2, 0.25) is 0 Å². The monoisotopic (exact) mass is 515 g/mol. The van der Waals surface area contributed by atoms with Gasteiger partial charge in [0.25, 0.3) is 0 Å². The Morgan fingerprint density at radius 3 is 2.35 bits per heavy atom. The fourth-order valence-corrected chi connectivity index (χ4v) is 5.84. The molecule has 1 aliphatic rings. The zero-order valence-corrected chi connectivity index (χ0v) is 22.0. The van der Waals surface area contributed by atoms with Crippen LogP contribution in [0.15, 0.2) is 77.8 Å². The van der Waals surface area contributed by atoms with Gasteiger partial charge in [0.15, 0.2) is 15.7 Å². The summed E-state index contributed by atoms with van der Waals surface area (Å²) in [5.74, 6) is 0.0526. The number of likely N-dealkylation sites (tertiary alicyclic amines) is 1. The van der Waals surface area contributed by atoms with E-state index in [9.17, 15) is 13.5 Å². The Kier molecular flexibility index (Phi) is 7.44. The first-order valence-electron chi connectivity index (χ1n) is 12.9. The second-order valence-corrected chi connectivity index (χ2v) is 12.1. The molecule has 1 aliphatic heterocycles. The van der Waals surface area contributed by atoms with Crippen molar-refractivity contribution in [3.63, 3.8) is 0 Å². The van der Waals surface area contributed by atoms with Gasteiger partial charge in [0.05, 0.1) is 22.7 Å². The molecule has 192 valence electrons. The lowest BCUT2D eigenvalue weighted by molar-refractivity contribution is 0.221. The number of nitrogens with one attached hydrogen (secondary N) is 1. The summed E-state index contributed by atoms with van der Waals surface area (Å²) in [6, 6.07) is 23.5. The van der Waals surface area contributed by atoms with Crippen LogP contribution in [0.3, 0.4) is 0 Å². The molecule has 0 spiro atoms. The summed E-state index contributed by atoms with van der Waals surface area (Å²) in [6.45, 7) is 4.90. The Labute approximate surface area is 218 Å². The molecule has 0 atom stereocenters. The molecule has 3 aromatic carbocycles. The molecule has 1 fully saturated rings. The Balaban J connectivity index is 1.55. The van der Waals surface area contributed by atoms with Gasteiger partial charge in [0.2, 0.25) is 0 Å². The Hall–Kier alpha value is -3.42. The largest absolute Gasteiger partial charge is 0.494 e. The van der Waals surface area contributed by atoms with Crippen molar-refractivity contribution in [2.24, 2.45) is 4.99 Å². The van der Waals surface area contributed by atoms with Crippen molar-refractivity contribution in [2.75, 3.05) is 18.8 Å². The quantitative estimate of drug-likeness (QED) is 0.283. The summed E-state index contributed by atoms with van der Waals surface area (Å²) in [6.07, 6.45) is 3.86. The predicted octanol–water partition coefficient (Wildman–Crippen LogP) is 5.96. The number of aromatic amines is 1. The summed E-state index contributed by atoms with van der Waals surface area (Å²) in [4.78, 5) is 10.5. The molecule has 2 N–H and O–H groups in total. The summed E-state index contributed by atoms with van der Waals surface area (Å²) >= 11 is 0. The highest BCUT2D eigenvalue weighted by Crippen LogP contribution is 2.32. The van der Waals surface area contributed by atoms with Crippen LogP contribution in [0.5, 0.6) is 5.88 Å². The fourth-order valence-electron chi connectivity index (χ4n) is 4.95. The molecule has 0 saturated carbocycles. The van der Waals surface area contributed by atoms with E-state index >= 15 is 0 Å². The van der Waals surface area contributed by atoms with E-state index in [-0.39, 0.29) is 17.4 Å². The van der Waals surface area contributed by atoms with E-state index in [0.29, 0.717) is 16.8 Å². The minimum absolute atomic E-state index is 0.00909. The second-order valence-electron chi connectivity index (χ2n) is 9.73. The van der Waals surface area contributed by atoms with E-state index in [1.165, 1.54) is 24.8 Å². The summed E-state index contributed by atoms with van der Waals surface area (Å²) in [7, 11) is -3.19. The molecular weight excluding hydrogens is 482 g/mol. The minimum atomic E-state index is -3.19. The normalized spacial score (nSPS) is 15.3. The highest BCUT2D eigenvalue weighted by molar-refractivity contribution is 7.90. The van der Waals surface area contributed by atoms with Gasteiger partial charge in [-0.05, 0) is 61.3 Å². The zero-order valence-electron chi connectivity index (χ0n) is 21.2. The first kappa shape index (κ1) is 25.2. The molecule has 0 bridgehead atoms. The molecule has 1 saturated heterocycles. The molecule has 0 aliphatic carbocycles. The van der Waals surface area contributed by atoms with Crippen LogP contribution in [0.4, 0.5) is 5.69 Å². The van der Waals surface area contributed by atoms with Gasteiger partial charge in [0.1, 0.15) is 0 Å². The van der Waals surface area contributed by atoms with E-state index in [2.05, 4.69) is 22.0 Å². The molecule has 5 rings (SSSR count). The van der Waals surface area contributed by atoms with Gasteiger partial charge >= 0.3 is 0 Å². The number of hydrogen-bond donors (Lipinski definition) is 2. The molecule has 4 aromatic rings. The number of H-pyrrole nitrogens is 1. The lowest BCUT2D eigenvalue weighted by Gasteiger charge is -2.26. The molecule has 0 amide bonds. The van der Waals surface area contributed by atoms with Crippen LogP contribution in [0.1, 0.15) is 48.4 Å². The van der Waals surface area contributed by atoms with Crippen molar-refractivity contribution in [1.29, 1.82) is 0 Å². The average molecular weight is 516 g/mol. The van der Waals surface area contributed by atoms with Crippen LogP contribution < -0.4 is 0 Å². The number of nitrogens with zero attached hydrogens (tertiary/aromatic N) is 2. The van der Waals surface area contributed by atoms with Crippen molar-refractivity contribution in [1.82, 2.24) is 9.88 Å². The van der Waals surface area contributed by atoms with Gasteiger partial charge in [-0.1, -0.05) is 61.9 Å². The highest BCUT2D eigenvalue weighted by atomic mass is 32.2. The summed E-state index contributed by atoms with van der Waals surface area (Å²) < 4.78 is 24.5. The molecule has 0 unspecified atom stereocenters. The number of benzene rings is 3. The highest BCUT2D eigenvalue weighted by Gasteiger charge is 2.20. The molecule has 37 heavy (non-hydrogen) atoms. The topological polar surface area (TPSA) is 85.8 Å². The summed E-state index contributed by atoms with van der Waals surface area (Å²) in [5.41, 5.74) is 5.52. The van der Waals surface area contributed by atoms with Gasteiger partial charge in [-0.15, -0.1) is 0 Å². The number of hydrogen-bond acceptors (Lipinski definition) is 5. The maximum absolute atomic E-state index is 12.3. The maximum atomic E-state index is 12.3. The maximum Gasteiger partial charge on any atom is 0.199 e. The molecule has 2 heterocycles. The van der Waals surface area contributed by atoms with Gasteiger partial charge in [-0.3, -0.25) is 4.90 Å². The number of aromatic nitrogens is 1. The van der Waals surface area contributed by atoms with Gasteiger partial charge in [-0.2, -0.15) is 0 Å². The van der Waals surface area contributed by atoms with Crippen LogP contribution in [-0.4, -0.2) is 48.0 Å². The number of aromatic hydroxyl groups is 1. The SMILES string of the molecule is CCS(=O)(=O)Cc1ccc2[nH]c(O)c(C(=Nc3ccc(CN4CCCCC4)cc3)c3ccccc3)c2c1. The minimum Gasteiger partial charge on any atom is -0.494 e. The fraction of sp³-hybridized carbons (Fsp3) is 0.300.